The molecule has 0 aromatic carbocycles. The Morgan fingerprint density at radius 3 is 2.59 bits per heavy atom. The monoisotopic (exact) mass is 234 g/mol. The summed E-state index contributed by atoms with van der Waals surface area (Å²) in [6.45, 7) is 6.62. The van der Waals surface area contributed by atoms with Gasteiger partial charge in [-0.25, -0.2) is 0 Å². The summed E-state index contributed by atoms with van der Waals surface area (Å²) in [6, 6.07) is 2.98. The van der Waals surface area contributed by atoms with Gasteiger partial charge in [-0.1, -0.05) is 13.3 Å². The number of rotatable bonds is 5. The van der Waals surface area contributed by atoms with Crippen LogP contribution >= 0.6 is 0 Å². The van der Waals surface area contributed by atoms with Crippen molar-refractivity contribution in [2.24, 2.45) is 5.92 Å². The molecule has 0 atom stereocenters. The minimum Gasteiger partial charge on any atom is -0.354 e. The number of hydrogen-bond donors (Lipinski definition) is 1. The highest BCUT2D eigenvalue weighted by Gasteiger charge is 2.19. The Hall–Kier alpha value is -0.760. The Morgan fingerprint density at radius 1 is 1.24 bits per heavy atom. The van der Waals surface area contributed by atoms with Crippen LogP contribution in [0.15, 0.2) is 18.5 Å². The molecule has 1 aliphatic carbocycles. The van der Waals surface area contributed by atoms with Crippen LogP contribution in [0.1, 0.15) is 51.5 Å². The van der Waals surface area contributed by atoms with Crippen LogP contribution in [-0.2, 0) is 13.1 Å². The van der Waals surface area contributed by atoms with Crippen molar-refractivity contribution >= 4 is 0 Å². The van der Waals surface area contributed by atoms with Crippen molar-refractivity contribution in [2.45, 2.75) is 65.1 Å². The standard InChI is InChI=1S/C15H26N2/c1-3-13-5-7-15(8-6-13)16-11-14-9-10-17(4-2)12-14/h9-10,12-13,15-16H,3-8,11H2,1-2H3. The van der Waals surface area contributed by atoms with Crippen LogP contribution in [0.5, 0.6) is 0 Å². The molecular formula is C15H26N2. The van der Waals surface area contributed by atoms with Crippen LogP contribution < -0.4 is 5.32 Å². The molecule has 1 N–H and O–H groups in total. The highest BCUT2D eigenvalue weighted by atomic mass is 14.9. The number of aryl methyl sites for hydroxylation is 1. The Balaban J connectivity index is 1.72. The number of nitrogens with zero attached hydrogens (tertiary/aromatic N) is 1. The first-order chi connectivity index (χ1) is 8.31. The van der Waals surface area contributed by atoms with E-state index < -0.39 is 0 Å². The lowest BCUT2D eigenvalue weighted by molar-refractivity contribution is 0.285. The zero-order valence-electron chi connectivity index (χ0n) is 11.3. The fraction of sp³-hybridized carbons (Fsp3) is 0.733. The summed E-state index contributed by atoms with van der Waals surface area (Å²) in [5.74, 6) is 0.995. The van der Waals surface area contributed by atoms with Crippen molar-refractivity contribution in [3.8, 4) is 0 Å². The Labute approximate surface area is 105 Å². The fourth-order valence-electron chi connectivity index (χ4n) is 2.83. The van der Waals surface area contributed by atoms with Crippen LogP contribution in [-0.4, -0.2) is 10.6 Å². The van der Waals surface area contributed by atoms with E-state index >= 15 is 0 Å². The molecule has 17 heavy (non-hydrogen) atoms. The molecule has 2 rings (SSSR count). The van der Waals surface area contributed by atoms with E-state index in [1.807, 2.05) is 0 Å². The van der Waals surface area contributed by atoms with Gasteiger partial charge in [-0.05, 0) is 50.2 Å². The predicted molar refractivity (Wildman–Crippen MR) is 73.0 cm³/mol. The van der Waals surface area contributed by atoms with Crippen molar-refractivity contribution < 1.29 is 0 Å². The second-order valence-corrected chi connectivity index (χ2v) is 5.36. The van der Waals surface area contributed by atoms with Crippen LogP contribution in [0.25, 0.3) is 0 Å². The molecule has 1 aromatic heterocycles. The third-order valence-electron chi connectivity index (χ3n) is 4.20. The lowest BCUT2D eigenvalue weighted by Crippen LogP contribution is -2.32. The lowest BCUT2D eigenvalue weighted by Gasteiger charge is -2.28. The van der Waals surface area contributed by atoms with Crippen LogP contribution in [0, 0.1) is 5.92 Å². The van der Waals surface area contributed by atoms with Crippen LogP contribution in [0.4, 0.5) is 0 Å². The molecule has 1 aromatic rings. The van der Waals surface area contributed by atoms with Gasteiger partial charge >= 0.3 is 0 Å². The highest BCUT2D eigenvalue weighted by molar-refractivity contribution is 5.10. The summed E-state index contributed by atoms with van der Waals surface area (Å²) < 4.78 is 2.24. The summed E-state index contributed by atoms with van der Waals surface area (Å²) in [5, 5.41) is 3.71. The van der Waals surface area contributed by atoms with Gasteiger partial charge in [0.2, 0.25) is 0 Å². The van der Waals surface area contributed by atoms with Crippen LogP contribution in [0.2, 0.25) is 0 Å². The van der Waals surface area contributed by atoms with E-state index in [-0.39, 0.29) is 0 Å². The predicted octanol–water partition coefficient (Wildman–Crippen LogP) is 3.57. The van der Waals surface area contributed by atoms with Gasteiger partial charge in [0, 0.05) is 31.5 Å². The molecule has 96 valence electrons. The second kappa shape index (κ2) is 6.25. The Bertz CT molecular complexity index is 321. The van der Waals surface area contributed by atoms with Crippen molar-refractivity contribution in [1.29, 1.82) is 0 Å². The zero-order valence-corrected chi connectivity index (χ0v) is 11.3. The molecule has 0 unspecified atom stereocenters. The number of aromatic nitrogens is 1. The summed E-state index contributed by atoms with van der Waals surface area (Å²) in [6.07, 6.45) is 11.4. The van der Waals surface area contributed by atoms with Crippen molar-refractivity contribution in [1.82, 2.24) is 9.88 Å². The number of hydrogen-bond acceptors (Lipinski definition) is 1. The van der Waals surface area contributed by atoms with Crippen molar-refractivity contribution in [3.05, 3.63) is 24.0 Å². The largest absolute Gasteiger partial charge is 0.354 e. The SMILES string of the molecule is CCC1CCC(NCc2ccn(CC)c2)CC1. The van der Waals surface area contributed by atoms with Gasteiger partial charge in [-0.15, -0.1) is 0 Å². The molecule has 1 heterocycles. The third kappa shape index (κ3) is 3.60. The molecule has 0 amide bonds. The van der Waals surface area contributed by atoms with Crippen molar-refractivity contribution in [3.63, 3.8) is 0 Å². The summed E-state index contributed by atoms with van der Waals surface area (Å²) >= 11 is 0. The average molecular weight is 234 g/mol. The van der Waals surface area contributed by atoms with Crippen molar-refractivity contribution in [2.75, 3.05) is 0 Å². The molecule has 0 bridgehead atoms. The maximum absolute atomic E-state index is 3.71. The normalized spacial score (nSPS) is 25.1. The Morgan fingerprint density at radius 2 is 2.00 bits per heavy atom. The van der Waals surface area contributed by atoms with Gasteiger partial charge in [0.15, 0.2) is 0 Å². The van der Waals surface area contributed by atoms with Gasteiger partial charge in [0.1, 0.15) is 0 Å². The van der Waals surface area contributed by atoms with E-state index in [4.69, 9.17) is 0 Å². The molecule has 2 heteroatoms. The Kier molecular flexibility index (Phi) is 4.66. The maximum Gasteiger partial charge on any atom is 0.0223 e. The molecule has 1 saturated carbocycles. The maximum atomic E-state index is 3.71. The van der Waals surface area contributed by atoms with E-state index in [2.05, 4.69) is 42.2 Å². The molecule has 0 saturated heterocycles. The molecule has 0 aliphatic heterocycles. The minimum atomic E-state index is 0.753. The van der Waals surface area contributed by atoms with Gasteiger partial charge in [0.25, 0.3) is 0 Å². The molecule has 0 radical (unpaired) electrons. The van der Waals surface area contributed by atoms with Gasteiger partial charge in [-0.2, -0.15) is 0 Å². The number of nitrogens with one attached hydrogen (secondary N) is 1. The van der Waals surface area contributed by atoms with E-state index in [1.165, 1.54) is 37.7 Å². The first-order valence-corrected chi connectivity index (χ1v) is 7.19. The molecule has 1 aliphatic rings. The van der Waals surface area contributed by atoms with E-state index in [1.54, 1.807) is 0 Å². The zero-order chi connectivity index (χ0) is 12.1. The quantitative estimate of drug-likeness (QED) is 0.824. The van der Waals surface area contributed by atoms with Crippen LogP contribution in [0.3, 0.4) is 0 Å². The van der Waals surface area contributed by atoms with E-state index in [9.17, 15) is 0 Å². The molecule has 1 fully saturated rings. The van der Waals surface area contributed by atoms with Gasteiger partial charge in [0.05, 0.1) is 0 Å². The molecule has 2 nitrogen and oxygen atoms in total. The second-order valence-electron chi connectivity index (χ2n) is 5.36. The first-order valence-electron chi connectivity index (χ1n) is 7.19. The smallest absolute Gasteiger partial charge is 0.0223 e. The summed E-state index contributed by atoms with van der Waals surface area (Å²) in [5.41, 5.74) is 1.42. The summed E-state index contributed by atoms with van der Waals surface area (Å²) in [4.78, 5) is 0. The van der Waals surface area contributed by atoms with Gasteiger partial charge in [-0.3, -0.25) is 0 Å². The fourth-order valence-corrected chi connectivity index (χ4v) is 2.83. The third-order valence-corrected chi connectivity index (χ3v) is 4.20. The van der Waals surface area contributed by atoms with E-state index in [0.29, 0.717) is 0 Å². The highest BCUT2D eigenvalue weighted by Crippen LogP contribution is 2.26. The minimum absolute atomic E-state index is 0.753. The molecular weight excluding hydrogens is 208 g/mol. The lowest BCUT2D eigenvalue weighted by atomic mass is 9.84. The van der Waals surface area contributed by atoms with E-state index in [0.717, 1.165) is 25.0 Å². The topological polar surface area (TPSA) is 17.0 Å². The average Bonchev–Trinajstić information content (AvgIpc) is 2.85. The molecule has 0 spiro atoms. The first kappa shape index (κ1) is 12.7. The van der Waals surface area contributed by atoms with Gasteiger partial charge < -0.3 is 9.88 Å². The summed E-state index contributed by atoms with van der Waals surface area (Å²) in [7, 11) is 0.